The van der Waals surface area contributed by atoms with E-state index in [0.717, 1.165) is 29.4 Å². The Morgan fingerprint density at radius 2 is 2.04 bits per heavy atom. The van der Waals surface area contributed by atoms with Gasteiger partial charge in [0.1, 0.15) is 11.4 Å². The zero-order chi connectivity index (χ0) is 18.4. The molecule has 1 aliphatic rings. The standard InChI is InChI=1S/C19H26N4O2S.2ClH/c1-25-17-7-3-2-6-14(17)16(23-10-4-5-11-23)12-21-19(24)15-13-26-18(22-15)8-9-20;;/h2-3,6-7,13,16H,4-5,8-12,20H2,1H3,(H,21,24);2*1H. The van der Waals surface area contributed by atoms with Gasteiger partial charge in [-0.15, -0.1) is 36.2 Å². The molecule has 1 atom stereocenters. The van der Waals surface area contributed by atoms with E-state index in [-0.39, 0.29) is 36.8 Å². The third-order valence-corrected chi connectivity index (χ3v) is 5.59. The summed E-state index contributed by atoms with van der Waals surface area (Å²) in [4.78, 5) is 19.3. The zero-order valence-electron chi connectivity index (χ0n) is 15.9. The Kier molecular flexibility index (Phi) is 10.8. The number of hydrogen-bond donors (Lipinski definition) is 2. The van der Waals surface area contributed by atoms with Crippen molar-refractivity contribution in [1.29, 1.82) is 0 Å². The van der Waals surface area contributed by atoms with Gasteiger partial charge in [-0.3, -0.25) is 9.69 Å². The fourth-order valence-electron chi connectivity index (χ4n) is 3.36. The number of benzene rings is 1. The van der Waals surface area contributed by atoms with Gasteiger partial charge in [0.2, 0.25) is 0 Å². The Balaban J connectivity index is 0.00000196. The quantitative estimate of drug-likeness (QED) is 0.650. The van der Waals surface area contributed by atoms with Crippen molar-refractivity contribution in [3.05, 3.63) is 45.9 Å². The average molecular weight is 447 g/mol. The maximum atomic E-state index is 12.5. The highest BCUT2D eigenvalue weighted by Gasteiger charge is 2.26. The van der Waals surface area contributed by atoms with Crippen molar-refractivity contribution in [1.82, 2.24) is 15.2 Å². The van der Waals surface area contributed by atoms with E-state index in [0.29, 0.717) is 25.2 Å². The molecule has 1 aromatic heterocycles. The number of nitrogens with one attached hydrogen (secondary N) is 1. The Morgan fingerprint density at radius 3 is 2.71 bits per heavy atom. The minimum atomic E-state index is -0.136. The van der Waals surface area contributed by atoms with Gasteiger partial charge >= 0.3 is 0 Å². The first-order valence-electron chi connectivity index (χ1n) is 9.02. The van der Waals surface area contributed by atoms with Gasteiger partial charge in [-0.25, -0.2) is 4.98 Å². The lowest BCUT2D eigenvalue weighted by atomic mass is 10.0. The highest BCUT2D eigenvalue weighted by molar-refractivity contribution is 7.09. The van der Waals surface area contributed by atoms with Crippen LogP contribution in [0.3, 0.4) is 0 Å². The number of rotatable bonds is 8. The van der Waals surface area contributed by atoms with Crippen LogP contribution in [0.1, 0.15) is 39.9 Å². The van der Waals surface area contributed by atoms with E-state index < -0.39 is 0 Å². The van der Waals surface area contributed by atoms with Crippen LogP contribution in [-0.4, -0.2) is 49.1 Å². The number of hydrogen-bond acceptors (Lipinski definition) is 6. The second kappa shape index (κ2) is 12.2. The van der Waals surface area contributed by atoms with Crippen LogP contribution in [0.5, 0.6) is 5.75 Å². The molecule has 1 fully saturated rings. The SMILES string of the molecule is COc1ccccc1C(CNC(=O)c1csc(CCN)n1)N1CCCC1.Cl.Cl. The lowest BCUT2D eigenvalue weighted by Crippen LogP contribution is -2.37. The molecule has 0 saturated carbocycles. The molecule has 3 N–H and O–H groups in total. The largest absolute Gasteiger partial charge is 0.496 e. The molecule has 0 bridgehead atoms. The number of halogens is 2. The van der Waals surface area contributed by atoms with Gasteiger partial charge in [-0.2, -0.15) is 0 Å². The maximum absolute atomic E-state index is 12.5. The van der Waals surface area contributed by atoms with Crippen LogP contribution >= 0.6 is 36.2 Å². The Labute approximate surface area is 182 Å². The number of methoxy groups -OCH3 is 1. The van der Waals surface area contributed by atoms with Crippen LogP contribution in [0.4, 0.5) is 0 Å². The van der Waals surface area contributed by atoms with E-state index in [1.807, 2.05) is 18.2 Å². The Hall–Kier alpha value is -1.38. The van der Waals surface area contributed by atoms with E-state index in [1.165, 1.54) is 24.2 Å². The zero-order valence-corrected chi connectivity index (χ0v) is 18.4. The summed E-state index contributed by atoms with van der Waals surface area (Å²) < 4.78 is 5.55. The molecular weight excluding hydrogens is 419 g/mol. The molecule has 2 heterocycles. The summed E-state index contributed by atoms with van der Waals surface area (Å²) in [6.45, 7) is 3.15. The summed E-state index contributed by atoms with van der Waals surface area (Å²) in [5, 5.41) is 5.76. The highest BCUT2D eigenvalue weighted by atomic mass is 35.5. The lowest BCUT2D eigenvalue weighted by Gasteiger charge is -2.29. The average Bonchev–Trinajstić information content (AvgIpc) is 3.35. The molecule has 0 radical (unpaired) electrons. The third kappa shape index (κ3) is 6.06. The topological polar surface area (TPSA) is 80.5 Å². The van der Waals surface area contributed by atoms with Crippen LogP contribution in [0.2, 0.25) is 0 Å². The second-order valence-corrected chi connectivity index (χ2v) is 7.32. The van der Waals surface area contributed by atoms with Crippen molar-refractivity contribution >= 4 is 42.1 Å². The summed E-state index contributed by atoms with van der Waals surface area (Å²) >= 11 is 1.48. The monoisotopic (exact) mass is 446 g/mol. The number of thiazole rings is 1. The first kappa shape index (κ1) is 24.7. The third-order valence-electron chi connectivity index (χ3n) is 4.68. The molecule has 3 rings (SSSR count). The lowest BCUT2D eigenvalue weighted by molar-refractivity contribution is 0.0933. The van der Waals surface area contributed by atoms with Crippen molar-refractivity contribution in [2.45, 2.75) is 25.3 Å². The van der Waals surface area contributed by atoms with Crippen LogP contribution in [0, 0.1) is 0 Å². The van der Waals surface area contributed by atoms with E-state index in [9.17, 15) is 4.79 Å². The summed E-state index contributed by atoms with van der Waals surface area (Å²) in [5.41, 5.74) is 7.14. The van der Waals surface area contributed by atoms with Gasteiger partial charge < -0.3 is 15.8 Å². The van der Waals surface area contributed by atoms with Gasteiger partial charge in [-0.05, 0) is 38.5 Å². The number of carbonyl (C=O) groups is 1. The van der Waals surface area contributed by atoms with Crippen LogP contribution in [-0.2, 0) is 6.42 Å². The van der Waals surface area contributed by atoms with Crippen LogP contribution < -0.4 is 15.8 Å². The molecule has 1 unspecified atom stereocenters. The molecule has 2 aromatic rings. The molecule has 1 amide bonds. The predicted molar refractivity (Wildman–Crippen MR) is 118 cm³/mol. The molecule has 28 heavy (non-hydrogen) atoms. The molecular formula is C19H28Cl2N4O2S. The summed E-state index contributed by atoms with van der Waals surface area (Å²) in [6.07, 6.45) is 3.08. The number of ether oxygens (including phenoxy) is 1. The minimum Gasteiger partial charge on any atom is -0.496 e. The van der Waals surface area contributed by atoms with E-state index >= 15 is 0 Å². The fourth-order valence-corrected chi connectivity index (χ4v) is 4.16. The van der Waals surface area contributed by atoms with Gasteiger partial charge in [0.05, 0.1) is 18.2 Å². The smallest absolute Gasteiger partial charge is 0.270 e. The second-order valence-electron chi connectivity index (χ2n) is 6.38. The number of likely N-dealkylation sites (tertiary alicyclic amines) is 1. The normalized spacial score (nSPS) is 14.6. The summed E-state index contributed by atoms with van der Waals surface area (Å²) in [7, 11) is 1.69. The van der Waals surface area contributed by atoms with Crippen LogP contribution in [0.15, 0.2) is 29.6 Å². The molecule has 1 aliphatic heterocycles. The fraction of sp³-hybridized carbons (Fsp3) is 0.474. The van der Waals surface area contributed by atoms with Gasteiger partial charge in [-0.1, -0.05) is 18.2 Å². The van der Waals surface area contributed by atoms with E-state index in [2.05, 4.69) is 21.3 Å². The van der Waals surface area contributed by atoms with Crippen LogP contribution in [0.25, 0.3) is 0 Å². The maximum Gasteiger partial charge on any atom is 0.270 e. The number of amides is 1. The van der Waals surface area contributed by atoms with Crippen molar-refractivity contribution in [2.24, 2.45) is 5.73 Å². The Morgan fingerprint density at radius 1 is 1.32 bits per heavy atom. The molecule has 6 nitrogen and oxygen atoms in total. The van der Waals surface area contributed by atoms with Crippen molar-refractivity contribution in [3.8, 4) is 5.75 Å². The summed E-state index contributed by atoms with van der Waals surface area (Å²) in [5.74, 6) is 0.723. The predicted octanol–water partition coefficient (Wildman–Crippen LogP) is 3.06. The minimum absolute atomic E-state index is 0. The van der Waals surface area contributed by atoms with Crippen molar-refractivity contribution in [2.75, 3.05) is 33.3 Å². The number of carbonyl (C=O) groups excluding carboxylic acids is 1. The molecule has 0 aliphatic carbocycles. The first-order chi connectivity index (χ1) is 12.7. The number of para-hydroxylation sites is 1. The number of nitrogens with two attached hydrogens (primary N) is 1. The molecule has 9 heteroatoms. The Bertz CT molecular complexity index is 738. The molecule has 1 aromatic carbocycles. The molecule has 0 spiro atoms. The highest BCUT2D eigenvalue weighted by Crippen LogP contribution is 2.31. The number of nitrogens with zero attached hydrogens (tertiary/aromatic N) is 2. The molecule has 156 valence electrons. The number of aromatic nitrogens is 1. The van der Waals surface area contributed by atoms with Crippen molar-refractivity contribution < 1.29 is 9.53 Å². The first-order valence-corrected chi connectivity index (χ1v) is 9.90. The van der Waals surface area contributed by atoms with Crippen molar-refractivity contribution in [3.63, 3.8) is 0 Å². The van der Waals surface area contributed by atoms with E-state index in [4.69, 9.17) is 10.5 Å². The summed E-state index contributed by atoms with van der Waals surface area (Å²) in [6, 6.07) is 8.13. The van der Waals surface area contributed by atoms with Gasteiger partial charge in [0, 0.05) is 23.9 Å². The van der Waals surface area contributed by atoms with Gasteiger partial charge in [0.15, 0.2) is 0 Å². The van der Waals surface area contributed by atoms with Gasteiger partial charge in [0.25, 0.3) is 5.91 Å². The van der Waals surface area contributed by atoms with E-state index in [1.54, 1.807) is 12.5 Å². The molecule has 1 saturated heterocycles.